The number of amides is 2. The maximum Gasteiger partial charge on any atom is 0.416 e. The number of nitrogens with one attached hydrogen (secondary N) is 2. The summed E-state index contributed by atoms with van der Waals surface area (Å²) in [6.45, 7) is 3.82. The number of alkyl halides is 3. The van der Waals surface area contributed by atoms with Crippen molar-refractivity contribution in [2.24, 2.45) is 0 Å². The summed E-state index contributed by atoms with van der Waals surface area (Å²) in [5.74, 6) is -0.811. The largest absolute Gasteiger partial charge is 0.416 e. The Kier molecular flexibility index (Phi) is 5.19. The molecule has 2 amide bonds. The zero-order chi connectivity index (χ0) is 19.8. The zero-order valence-electron chi connectivity index (χ0n) is 14.6. The van der Waals surface area contributed by atoms with Crippen molar-refractivity contribution in [3.8, 4) is 0 Å². The Labute approximate surface area is 158 Å². The molecule has 0 saturated heterocycles. The molecule has 2 aromatic carbocycles. The SMILES string of the molecule is Cc1cccc(NC(=O)C[C@@H]2Sc3ccc(C(F)(F)F)cc3NC2=O)c1C. The van der Waals surface area contributed by atoms with Crippen molar-refractivity contribution in [2.75, 3.05) is 10.6 Å². The normalized spacial score (nSPS) is 16.5. The Hall–Kier alpha value is -2.48. The van der Waals surface area contributed by atoms with Gasteiger partial charge in [0.2, 0.25) is 11.8 Å². The van der Waals surface area contributed by atoms with Crippen LogP contribution in [0.1, 0.15) is 23.1 Å². The highest BCUT2D eigenvalue weighted by molar-refractivity contribution is 8.01. The second-order valence-corrected chi connectivity index (χ2v) is 7.55. The summed E-state index contributed by atoms with van der Waals surface area (Å²) in [4.78, 5) is 25.1. The van der Waals surface area contributed by atoms with Gasteiger partial charge in [-0.3, -0.25) is 9.59 Å². The van der Waals surface area contributed by atoms with E-state index in [9.17, 15) is 22.8 Å². The van der Waals surface area contributed by atoms with Crippen molar-refractivity contribution < 1.29 is 22.8 Å². The van der Waals surface area contributed by atoms with Gasteiger partial charge in [-0.05, 0) is 49.2 Å². The lowest BCUT2D eigenvalue weighted by molar-refractivity contribution is -0.137. The van der Waals surface area contributed by atoms with E-state index in [0.29, 0.717) is 10.6 Å². The first-order valence-corrected chi connectivity index (χ1v) is 9.08. The minimum absolute atomic E-state index is 0.0790. The monoisotopic (exact) mass is 394 g/mol. The molecule has 1 aliphatic heterocycles. The quantitative estimate of drug-likeness (QED) is 0.789. The van der Waals surface area contributed by atoms with Crippen LogP contribution in [-0.4, -0.2) is 17.1 Å². The number of carbonyl (C=O) groups excluding carboxylic acids is 2. The number of carbonyl (C=O) groups is 2. The number of rotatable bonds is 3. The average molecular weight is 394 g/mol. The molecule has 4 nitrogen and oxygen atoms in total. The Morgan fingerprint density at radius 1 is 1.22 bits per heavy atom. The van der Waals surface area contributed by atoms with Crippen LogP contribution in [0.5, 0.6) is 0 Å². The summed E-state index contributed by atoms with van der Waals surface area (Å²) in [6, 6.07) is 8.74. The van der Waals surface area contributed by atoms with Gasteiger partial charge in [-0.25, -0.2) is 0 Å². The van der Waals surface area contributed by atoms with Gasteiger partial charge in [0.15, 0.2) is 0 Å². The molecule has 1 heterocycles. The van der Waals surface area contributed by atoms with Gasteiger partial charge in [0.25, 0.3) is 0 Å². The number of aryl methyl sites for hydroxylation is 1. The number of hydrogen-bond acceptors (Lipinski definition) is 3. The second kappa shape index (κ2) is 7.26. The van der Waals surface area contributed by atoms with Gasteiger partial charge in [0.05, 0.1) is 16.5 Å². The number of fused-ring (bicyclic) bond motifs is 1. The highest BCUT2D eigenvalue weighted by atomic mass is 32.2. The molecule has 3 rings (SSSR count). The Balaban J connectivity index is 1.71. The molecule has 1 atom stereocenters. The molecule has 2 N–H and O–H groups in total. The van der Waals surface area contributed by atoms with Gasteiger partial charge >= 0.3 is 6.18 Å². The minimum Gasteiger partial charge on any atom is -0.326 e. The predicted octanol–water partition coefficient (Wildman–Crippen LogP) is 4.76. The molecule has 0 aliphatic carbocycles. The summed E-state index contributed by atoms with van der Waals surface area (Å²) in [5.41, 5.74) is 1.94. The van der Waals surface area contributed by atoms with Gasteiger partial charge < -0.3 is 10.6 Å². The molecule has 0 aromatic heterocycles. The number of benzene rings is 2. The first-order valence-electron chi connectivity index (χ1n) is 8.20. The molecule has 27 heavy (non-hydrogen) atoms. The molecule has 1 aliphatic rings. The van der Waals surface area contributed by atoms with Crippen molar-refractivity contribution >= 4 is 35.0 Å². The highest BCUT2D eigenvalue weighted by Gasteiger charge is 2.34. The van der Waals surface area contributed by atoms with Gasteiger partial charge in [0, 0.05) is 17.0 Å². The standard InChI is InChI=1S/C19H17F3N2O2S/c1-10-4-3-5-13(11(10)2)23-17(25)9-16-18(26)24-14-8-12(19(20,21)22)6-7-15(14)27-16/h3-8,16H,9H2,1-2H3,(H,23,25)(H,24,26)/t16-/m0/s1. The van der Waals surface area contributed by atoms with Crippen molar-refractivity contribution in [1.82, 2.24) is 0 Å². The van der Waals surface area contributed by atoms with Gasteiger partial charge in [0.1, 0.15) is 0 Å². The lowest BCUT2D eigenvalue weighted by atomic mass is 10.1. The third kappa shape index (κ3) is 4.27. The van der Waals surface area contributed by atoms with Crippen LogP contribution in [0.3, 0.4) is 0 Å². The Bertz CT molecular complexity index is 912. The summed E-state index contributed by atoms with van der Waals surface area (Å²) >= 11 is 1.09. The van der Waals surface area contributed by atoms with E-state index in [-0.39, 0.29) is 18.0 Å². The molecule has 0 fully saturated rings. The molecule has 0 radical (unpaired) electrons. The first-order chi connectivity index (χ1) is 12.6. The lowest BCUT2D eigenvalue weighted by Gasteiger charge is -2.24. The van der Waals surface area contributed by atoms with E-state index >= 15 is 0 Å². The minimum atomic E-state index is -4.48. The molecule has 0 saturated carbocycles. The maximum atomic E-state index is 12.8. The summed E-state index contributed by atoms with van der Waals surface area (Å²) in [6.07, 6.45) is -4.56. The van der Waals surface area contributed by atoms with Crippen molar-refractivity contribution in [3.63, 3.8) is 0 Å². The van der Waals surface area contributed by atoms with E-state index in [4.69, 9.17) is 0 Å². The maximum absolute atomic E-state index is 12.8. The Morgan fingerprint density at radius 2 is 1.96 bits per heavy atom. The van der Waals surface area contributed by atoms with Crippen molar-refractivity contribution in [3.05, 3.63) is 53.1 Å². The number of thioether (sulfide) groups is 1. The molecule has 0 unspecified atom stereocenters. The lowest BCUT2D eigenvalue weighted by Crippen LogP contribution is -2.32. The predicted molar refractivity (Wildman–Crippen MR) is 98.9 cm³/mol. The van der Waals surface area contributed by atoms with Crippen molar-refractivity contribution in [2.45, 2.75) is 36.6 Å². The van der Waals surface area contributed by atoms with E-state index in [1.165, 1.54) is 6.07 Å². The summed E-state index contributed by atoms with van der Waals surface area (Å²) in [7, 11) is 0. The van der Waals surface area contributed by atoms with E-state index in [2.05, 4.69) is 10.6 Å². The first kappa shape index (κ1) is 19.3. The number of halogens is 3. The molecular weight excluding hydrogens is 377 g/mol. The fourth-order valence-corrected chi connectivity index (χ4v) is 3.81. The summed E-state index contributed by atoms with van der Waals surface area (Å²) in [5, 5.41) is 4.55. The molecule has 0 spiro atoms. The van der Waals surface area contributed by atoms with Crippen LogP contribution in [0.25, 0.3) is 0 Å². The van der Waals surface area contributed by atoms with Gasteiger partial charge in [-0.15, -0.1) is 11.8 Å². The van der Waals surface area contributed by atoms with E-state index < -0.39 is 22.9 Å². The van der Waals surface area contributed by atoms with Crippen LogP contribution in [0, 0.1) is 13.8 Å². The van der Waals surface area contributed by atoms with Crippen molar-refractivity contribution in [1.29, 1.82) is 0 Å². The van der Waals surface area contributed by atoms with Crippen LogP contribution in [0.15, 0.2) is 41.3 Å². The third-order valence-electron chi connectivity index (χ3n) is 4.38. The van der Waals surface area contributed by atoms with E-state index in [1.54, 1.807) is 6.07 Å². The Morgan fingerprint density at radius 3 is 2.67 bits per heavy atom. The molecular formula is C19H17F3N2O2S. The molecule has 142 valence electrons. The fourth-order valence-electron chi connectivity index (χ4n) is 2.72. The van der Waals surface area contributed by atoms with Crippen LogP contribution >= 0.6 is 11.8 Å². The topological polar surface area (TPSA) is 58.2 Å². The van der Waals surface area contributed by atoms with Crippen LogP contribution in [0.2, 0.25) is 0 Å². The van der Waals surface area contributed by atoms with E-state index in [0.717, 1.165) is 35.0 Å². The summed E-state index contributed by atoms with van der Waals surface area (Å²) < 4.78 is 38.4. The van der Waals surface area contributed by atoms with E-state index in [1.807, 2.05) is 26.0 Å². The molecule has 2 aromatic rings. The number of hydrogen-bond donors (Lipinski definition) is 2. The zero-order valence-corrected chi connectivity index (χ0v) is 15.4. The third-order valence-corrected chi connectivity index (χ3v) is 5.65. The second-order valence-electron chi connectivity index (χ2n) is 6.30. The van der Waals surface area contributed by atoms with Gasteiger partial charge in [-0.2, -0.15) is 13.2 Å². The van der Waals surface area contributed by atoms with Crippen LogP contribution in [-0.2, 0) is 15.8 Å². The highest BCUT2D eigenvalue weighted by Crippen LogP contribution is 2.40. The smallest absolute Gasteiger partial charge is 0.326 e. The number of anilines is 2. The van der Waals surface area contributed by atoms with Gasteiger partial charge in [-0.1, -0.05) is 12.1 Å². The molecule has 8 heteroatoms. The fraction of sp³-hybridized carbons (Fsp3) is 0.263. The van der Waals surface area contributed by atoms with Crippen LogP contribution in [0.4, 0.5) is 24.5 Å². The average Bonchev–Trinajstić information content (AvgIpc) is 2.58. The molecule has 0 bridgehead atoms. The van der Waals surface area contributed by atoms with Crippen LogP contribution < -0.4 is 10.6 Å².